The van der Waals surface area contributed by atoms with Gasteiger partial charge in [0.25, 0.3) is 0 Å². The van der Waals surface area contributed by atoms with Crippen LogP contribution in [-0.2, 0) is 14.3 Å². The number of ether oxygens (including phenoxy) is 2. The predicted molar refractivity (Wildman–Crippen MR) is 91.3 cm³/mol. The molecule has 0 N–H and O–H groups in total. The van der Waals surface area contributed by atoms with Gasteiger partial charge in [-0.2, -0.15) is 0 Å². The summed E-state index contributed by atoms with van der Waals surface area (Å²) in [5.74, 6) is 4.22. The number of allylic oxidation sites excluding steroid dienone is 1. The molecule has 4 aliphatic carbocycles. The molecule has 0 unspecified atom stereocenters. The summed E-state index contributed by atoms with van der Waals surface area (Å²) in [5.41, 5.74) is 1.90. The van der Waals surface area contributed by atoms with E-state index in [0.717, 1.165) is 43.8 Å². The number of carbonyl (C=O) groups excluding carboxylic acids is 1. The Balaban J connectivity index is 1.40. The summed E-state index contributed by atoms with van der Waals surface area (Å²) in [4.78, 5) is 11.8. The fraction of sp³-hybridized carbons (Fsp3) is 0.857. The van der Waals surface area contributed by atoms with Crippen LogP contribution in [0.3, 0.4) is 0 Å². The third-order valence-corrected chi connectivity index (χ3v) is 8.35. The molecule has 24 heavy (non-hydrogen) atoms. The molecule has 1 saturated heterocycles. The Hall–Kier alpha value is -0.670. The fourth-order valence-electron chi connectivity index (χ4n) is 7.28. The first kappa shape index (κ1) is 15.6. The molecular weight excluding hydrogens is 300 g/mol. The standard InChI is InChI=1S/C21H30O3/c1-21-9-8-16-15-5-3-14(22)12-13(15)2-4-17(16)18(21)6-7-19(21)20-23-10-11-24-20/h12,15-20H,2-11H2,1H3/t15-,16+,17+,18-,19+,21-/m0/s1. The Morgan fingerprint density at radius 1 is 0.958 bits per heavy atom. The maximum atomic E-state index is 11.8. The van der Waals surface area contributed by atoms with Crippen molar-refractivity contribution in [2.45, 2.75) is 64.6 Å². The van der Waals surface area contributed by atoms with E-state index in [1.54, 1.807) is 0 Å². The average Bonchev–Trinajstić information content (AvgIpc) is 3.20. The van der Waals surface area contributed by atoms with Crippen molar-refractivity contribution in [1.29, 1.82) is 0 Å². The van der Waals surface area contributed by atoms with Gasteiger partial charge in [-0.05, 0) is 80.1 Å². The summed E-state index contributed by atoms with van der Waals surface area (Å²) in [5, 5.41) is 0. The van der Waals surface area contributed by atoms with E-state index in [0.29, 0.717) is 23.0 Å². The average molecular weight is 330 g/mol. The van der Waals surface area contributed by atoms with Gasteiger partial charge in [0.2, 0.25) is 0 Å². The second-order valence-corrected chi connectivity index (χ2v) is 9.14. The number of fused-ring (bicyclic) bond motifs is 5. The van der Waals surface area contributed by atoms with E-state index in [1.165, 1.54) is 44.1 Å². The van der Waals surface area contributed by atoms with Crippen molar-refractivity contribution in [1.82, 2.24) is 0 Å². The molecule has 3 heteroatoms. The Labute approximate surface area is 145 Å². The van der Waals surface area contributed by atoms with Crippen molar-refractivity contribution in [3.63, 3.8) is 0 Å². The minimum atomic E-state index is 0.0582. The third kappa shape index (κ3) is 2.20. The lowest BCUT2D eigenvalue weighted by Crippen LogP contribution is -2.48. The van der Waals surface area contributed by atoms with E-state index < -0.39 is 0 Å². The summed E-state index contributed by atoms with van der Waals surface area (Å²) < 4.78 is 11.8. The van der Waals surface area contributed by atoms with Crippen LogP contribution in [0.2, 0.25) is 0 Å². The minimum absolute atomic E-state index is 0.0582. The highest BCUT2D eigenvalue weighted by Crippen LogP contribution is 2.64. The molecule has 0 bridgehead atoms. The van der Waals surface area contributed by atoms with Gasteiger partial charge in [0.05, 0.1) is 13.2 Å². The molecule has 1 aliphatic heterocycles. The summed E-state index contributed by atoms with van der Waals surface area (Å²) in [6, 6.07) is 0. The van der Waals surface area contributed by atoms with Crippen LogP contribution in [0.1, 0.15) is 58.3 Å². The minimum Gasteiger partial charge on any atom is -0.350 e. The van der Waals surface area contributed by atoms with E-state index in [2.05, 4.69) is 6.92 Å². The number of hydrogen-bond donors (Lipinski definition) is 0. The van der Waals surface area contributed by atoms with Gasteiger partial charge in [0.1, 0.15) is 0 Å². The summed E-state index contributed by atoms with van der Waals surface area (Å²) in [6.07, 6.45) is 11.8. The Morgan fingerprint density at radius 3 is 2.58 bits per heavy atom. The second-order valence-electron chi connectivity index (χ2n) is 9.14. The van der Waals surface area contributed by atoms with Gasteiger partial charge in [-0.1, -0.05) is 12.5 Å². The molecule has 132 valence electrons. The molecule has 0 spiro atoms. The first-order valence-corrected chi connectivity index (χ1v) is 10.1. The normalized spacial score (nSPS) is 48.6. The molecule has 6 atom stereocenters. The molecule has 5 aliphatic rings. The van der Waals surface area contributed by atoms with Crippen LogP contribution in [0.5, 0.6) is 0 Å². The summed E-state index contributed by atoms with van der Waals surface area (Å²) in [6.45, 7) is 4.09. The van der Waals surface area contributed by atoms with Gasteiger partial charge in [0, 0.05) is 12.3 Å². The lowest BCUT2D eigenvalue weighted by Gasteiger charge is -2.54. The lowest BCUT2D eigenvalue weighted by molar-refractivity contribution is -0.135. The molecule has 0 amide bonds. The van der Waals surface area contributed by atoms with Crippen LogP contribution in [0.15, 0.2) is 11.6 Å². The largest absolute Gasteiger partial charge is 0.350 e. The highest BCUT2D eigenvalue weighted by Gasteiger charge is 2.58. The zero-order chi connectivity index (χ0) is 16.3. The maximum Gasteiger partial charge on any atom is 0.161 e. The Morgan fingerprint density at radius 2 is 1.75 bits per heavy atom. The van der Waals surface area contributed by atoms with E-state index in [9.17, 15) is 4.79 Å². The van der Waals surface area contributed by atoms with Crippen LogP contribution in [0.25, 0.3) is 0 Å². The van der Waals surface area contributed by atoms with Crippen molar-refractivity contribution in [2.75, 3.05) is 13.2 Å². The first-order chi connectivity index (χ1) is 11.7. The van der Waals surface area contributed by atoms with Crippen molar-refractivity contribution < 1.29 is 14.3 Å². The topological polar surface area (TPSA) is 35.5 Å². The fourth-order valence-corrected chi connectivity index (χ4v) is 7.28. The molecule has 4 fully saturated rings. The van der Waals surface area contributed by atoms with Crippen molar-refractivity contribution in [3.05, 3.63) is 11.6 Å². The molecule has 0 radical (unpaired) electrons. The molecule has 0 aromatic heterocycles. The monoisotopic (exact) mass is 330 g/mol. The molecule has 3 saturated carbocycles. The SMILES string of the molecule is C[C@]12CC[C@H]3[C@@H](CCC4=CC(=O)CC[C@@H]43)[C@@H]1CC[C@@H]2C1OCCO1. The van der Waals surface area contributed by atoms with Gasteiger partial charge in [-0.25, -0.2) is 0 Å². The second kappa shape index (κ2) is 5.67. The highest BCUT2D eigenvalue weighted by molar-refractivity contribution is 5.91. The van der Waals surface area contributed by atoms with Gasteiger partial charge in [-0.15, -0.1) is 0 Å². The molecule has 1 heterocycles. The van der Waals surface area contributed by atoms with Gasteiger partial charge in [0.15, 0.2) is 12.1 Å². The molecule has 3 nitrogen and oxygen atoms in total. The highest BCUT2D eigenvalue weighted by atomic mass is 16.7. The zero-order valence-corrected chi connectivity index (χ0v) is 14.8. The zero-order valence-electron chi connectivity index (χ0n) is 14.8. The molecule has 5 rings (SSSR count). The quantitative estimate of drug-likeness (QED) is 0.725. The smallest absolute Gasteiger partial charge is 0.161 e. The van der Waals surface area contributed by atoms with Gasteiger partial charge >= 0.3 is 0 Å². The third-order valence-electron chi connectivity index (χ3n) is 8.35. The van der Waals surface area contributed by atoms with Crippen molar-refractivity contribution in [2.24, 2.45) is 35.0 Å². The summed E-state index contributed by atoms with van der Waals surface area (Å²) >= 11 is 0. The van der Waals surface area contributed by atoms with E-state index in [4.69, 9.17) is 9.47 Å². The van der Waals surface area contributed by atoms with E-state index in [-0.39, 0.29) is 6.29 Å². The van der Waals surface area contributed by atoms with Crippen LogP contribution in [0.4, 0.5) is 0 Å². The van der Waals surface area contributed by atoms with Gasteiger partial charge < -0.3 is 9.47 Å². The van der Waals surface area contributed by atoms with Crippen LogP contribution in [-0.4, -0.2) is 25.3 Å². The predicted octanol–water partition coefficient (Wildman–Crippen LogP) is 4.12. The number of ketones is 1. The van der Waals surface area contributed by atoms with Crippen molar-refractivity contribution in [3.8, 4) is 0 Å². The van der Waals surface area contributed by atoms with Crippen molar-refractivity contribution >= 4 is 5.78 Å². The summed E-state index contributed by atoms with van der Waals surface area (Å²) in [7, 11) is 0. The van der Waals surface area contributed by atoms with Crippen LogP contribution < -0.4 is 0 Å². The van der Waals surface area contributed by atoms with Crippen LogP contribution in [0, 0.1) is 35.0 Å². The number of carbonyl (C=O) groups is 1. The first-order valence-electron chi connectivity index (χ1n) is 10.1. The van der Waals surface area contributed by atoms with Gasteiger partial charge in [-0.3, -0.25) is 4.79 Å². The van der Waals surface area contributed by atoms with Crippen LogP contribution >= 0.6 is 0 Å². The van der Waals surface area contributed by atoms with E-state index in [1.807, 2.05) is 6.08 Å². The van der Waals surface area contributed by atoms with E-state index >= 15 is 0 Å². The molecule has 0 aromatic carbocycles. The molecular formula is C21H30O3. The number of rotatable bonds is 1. The maximum absolute atomic E-state index is 11.8. The molecule has 0 aromatic rings. The Kier molecular flexibility index (Phi) is 3.68. The Bertz CT molecular complexity index is 561. The number of hydrogen-bond acceptors (Lipinski definition) is 3. The lowest BCUT2D eigenvalue weighted by atomic mass is 9.51.